The summed E-state index contributed by atoms with van der Waals surface area (Å²) in [5.74, 6) is -3.12. The molecule has 1 aliphatic carbocycles. The first-order valence-electron chi connectivity index (χ1n) is 23.4. The molecule has 1 aliphatic rings. The third kappa shape index (κ3) is 14.2. The van der Waals surface area contributed by atoms with Gasteiger partial charge in [0.25, 0.3) is 0 Å². The standard InChI is InChI=1S/C53H63N9O6/c1-2-12-46(63)62-53(28-26-40(27-29-53)38-15-7-4-8-16-38)51(68)61-45(32-35-13-5-3-6-14-35)50(67)59-43(19-11-30-57-52(55)56)49(66)60-44(33-37-22-23-39-17-9-10-18-42(39)31-37)48(65)58-34-36-20-24-41(25-21-36)47(54)64/h3-10,13-18,20-25,31,40,43-45H,2,11-12,19,26-30,32-34H2,1H3,(H2,54,64)(H,58,65)(H,59,67)(H,60,66)(H,61,68)(H,62,63)(H4,55,56,57)/t40-,43-,44-,45+,53+/m0/s1. The van der Waals surface area contributed by atoms with Crippen LogP contribution in [0.5, 0.6) is 0 Å². The summed E-state index contributed by atoms with van der Waals surface area (Å²) >= 11 is 0. The van der Waals surface area contributed by atoms with E-state index in [2.05, 4.69) is 44.0 Å². The van der Waals surface area contributed by atoms with Crippen LogP contribution in [0, 0.1) is 5.41 Å². The van der Waals surface area contributed by atoms with Gasteiger partial charge in [-0.05, 0) is 96.0 Å². The summed E-state index contributed by atoms with van der Waals surface area (Å²) in [6.45, 7) is 2.21. The zero-order valence-electron chi connectivity index (χ0n) is 38.5. The van der Waals surface area contributed by atoms with E-state index in [1.165, 1.54) is 5.56 Å². The third-order valence-electron chi connectivity index (χ3n) is 12.5. The van der Waals surface area contributed by atoms with Gasteiger partial charge in [-0.1, -0.05) is 122 Å². The van der Waals surface area contributed by atoms with Crippen molar-refractivity contribution in [2.75, 3.05) is 6.54 Å². The lowest BCUT2D eigenvalue weighted by atomic mass is 9.73. The van der Waals surface area contributed by atoms with Crippen LogP contribution in [0.25, 0.3) is 10.8 Å². The Morgan fingerprint density at radius 1 is 0.647 bits per heavy atom. The summed E-state index contributed by atoms with van der Waals surface area (Å²) in [5, 5.41) is 27.1. The second-order valence-corrected chi connectivity index (χ2v) is 17.6. The zero-order chi connectivity index (χ0) is 48.5. The second-order valence-electron chi connectivity index (χ2n) is 17.6. The topological polar surface area (TPSA) is 250 Å². The average Bonchev–Trinajstić information content (AvgIpc) is 3.34. The Hall–Kier alpha value is -7.55. The van der Waals surface area contributed by atoms with E-state index in [1.807, 2.05) is 97.9 Å². The van der Waals surface area contributed by atoms with Crippen molar-refractivity contribution in [1.29, 1.82) is 5.41 Å². The SMILES string of the molecule is CCCC(=O)N[C@]1(C(=O)N[C@H](Cc2ccccc2)C(=O)N[C@@H](CCCNC(=N)N)C(=O)N[C@@H](Cc2ccc3ccccc3c2)C(=O)NCc2ccc(C(N)=O)cc2)CC[C@H](c2ccccc2)CC1. The van der Waals surface area contributed by atoms with Crippen LogP contribution in [0.1, 0.15) is 96.8 Å². The molecule has 6 rings (SSSR count). The summed E-state index contributed by atoms with van der Waals surface area (Å²) in [6, 6.07) is 35.9. The number of carbonyl (C=O) groups excluding carboxylic acids is 6. The summed E-state index contributed by atoms with van der Waals surface area (Å²) in [4.78, 5) is 82.9. The number of hydrogen-bond donors (Lipinski definition) is 9. The first-order chi connectivity index (χ1) is 32.8. The molecule has 0 aromatic heterocycles. The lowest BCUT2D eigenvalue weighted by Crippen LogP contribution is -2.64. The van der Waals surface area contributed by atoms with Gasteiger partial charge < -0.3 is 43.4 Å². The zero-order valence-corrected chi connectivity index (χ0v) is 38.5. The minimum absolute atomic E-state index is 0.0810. The van der Waals surface area contributed by atoms with Gasteiger partial charge in [0.2, 0.25) is 35.4 Å². The second kappa shape index (κ2) is 24.3. The fourth-order valence-electron chi connectivity index (χ4n) is 8.74. The number of amides is 6. The number of nitrogens with one attached hydrogen (secondary N) is 7. The number of benzene rings is 5. The molecule has 0 radical (unpaired) electrons. The van der Waals surface area contributed by atoms with Crippen molar-refractivity contribution < 1.29 is 28.8 Å². The van der Waals surface area contributed by atoms with Crippen molar-refractivity contribution in [1.82, 2.24) is 31.9 Å². The molecule has 11 N–H and O–H groups in total. The predicted molar refractivity (Wildman–Crippen MR) is 263 cm³/mol. The van der Waals surface area contributed by atoms with Crippen molar-refractivity contribution in [2.45, 2.75) is 107 Å². The maximum Gasteiger partial charge on any atom is 0.248 e. The summed E-state index contributed by atoms with van der Waals surface area (Å²) in [5.41, 5.74) is 13.4. The van der Waals surface area contributed by atoms with Crippen LogP contribution >= 0.6 is 0 Å². The Bertz CT molecular complexity index is 2530. The van der Waals surface area contributed by atoms with Gasteiger partial charge >= 0.3 is 0 Å². The van der Waals surface area contributed by atoms with E-state index in [9.17, 15) is 28.8 Å². The van der Waals surface area contributed by atoms with Gasteiger partial charge in [-0.25, -0.2) is 0 Å². The Morgan fingerprint density at radius 3 is 1.90 bits per heavy atom. The summed E-state index contributed by atoms with van der Waals surface area (Å²) < 4.78 is 0. The minimum atomic E-state index is -1.27. The molecule has 1 saturated carbocycles. The van der Waals surface area contributed by atoms with Crippen LogP contribution in [0.4, 0.5) is 0 Å². The van der Waals surface area contributed by atoms with E-state index in [4.69, 9.17) is 16.9 Å². The van der Waals surface area contributed by atoms with Crippen LogP contribution < -0.4 is 43.4 Å². The molecule has 0 bridgehead atoms. The van der Waals surface area contributed by atoms with Crippen LogP contribution in [0.2, 0.25) is 0 Å². The van der Waals surface area contributed by atoms with Crippen LogP contribution in [-0.4, -0.2) is 71.6 Å². The average molecular weight is 922 g/mol. The molecule has 5 aromatic carbocycles. The number of primary amides is 1. The van der Waals surface area contributed by atoms with Crippen molar-refractivity contribution in [3.8, 4) is 0 Å². The molecule has 68 heavy (non-hydrogen) atoms. The van der Waals surface area contributed by atoms with Crippen LogP contribution in [0.3, 0.4) is 0 Å². The molecule has 5 aromatic rings. The Balaban J connectivity index is 1.25. The maximum atomic E-state index is 14.7. The molecule has 15 heteroatoms. The van der Waals surface area contributed by atoms with Gasteiger partial charge in [0, 0.05) is 37.9 Å². The quantitative estimate of drug-likeness (QED) is 0.0265. The number of rotatable bonds is 22. The molecule has 6 amide bonds. The maximum absolute atomic E-state index is 14.7. The molecule has 356 valence electrons. The summed E-state index contributed by atoms with van der Waals surface area (Å²) in [7, 11) is 0. The highest BCUT2D eigenvalue weighted by Crippen LogP contribution is 2.38. The third-order valence-corrected chi connectivity index (χ3v) is 12.5. The summed E-state index contributed by atoms with van der Waals surface area (Å²) in [6.07, 6.45) is 3.42. The van der Waals surface area contributed by atoms with Crippen LogP contribution in [0.15, 0.2) is 127 Å². The van der Waals surface area contributed by atoms with E-state index < -0.39 is 53.2 Å². The minimum Gasteiger partial charge on any atom is -0.370 e. The lowest BCUT2D eigenvalue weighted by molar-refractivity contribution is -0.138. The fourth-order valence-corrected chi connectivity index (χ4v) is 8.74. The highest BCUT2D eigenvalue weighted by atomic mass is 16.2. The predicted octanol–water partition coefficient (Wildman–Crippen LogP) is 4.77. The molecular formula is C53H63N9O6. The Morgan fingerprint density at radius 2 is 1.24 bits per heavy atom. The number of fused-ring (bicyclic) bond motifs is 1. The molecular weight excluding hydrogens is 859 g/mol. The van der Waals surface area contributed by atoms with Gasteiger partial charge in [-0.2, -0.15) is 0 Å². The monoisotopic (exact) mass is 921 g/mol. The first-order valence-corrected chi connectivity index (χ1v) is 23.4. The van der Waals surface area contributed by atoms with Gasteiger partial charge in [-0.15, -0.1) is 0 Å². The van der Waals surface area contributed by atoms with E-state index in [0.717, 1.165) is 21.9 Å². The van der Waals surface area contributed by atoms with Crippen molar-refractivity contribution in [2.24, 2.45) is 11.5 Å². The van der Waals surface area contributed by atoms with Gasteiger partial charge in [-0.3, -0.25) is 34.2 Å². The highest BCUT2D eigenvalue weighted by molar-refractivity contribution is 5.97. The van der Waals surface area contributed by atoms with Crippen molar-refractivity contribution in [3.05, 3.63) is 155 Å². The number of nitrogens with two attached hydrogens (primary N) is 2. The van der Waals surface area contributed by atoms with Crippen molar-refractivity contribution in [3.63, 3.8) is 0 Å². The smallest absolute Gasteiger partial charge is 0.248 e. The largest absolute Gasteiger partial charge is 0.370 e. The van der Waals surface area contributed by atoms with Gasteiger partial charge in [0.1, 0.15) is 23.7 Å². The normalized spacial score (nSPS) is 16.8. The number of hydrogen-bond acceptors (Lipinski definition) is 7. The molecule has 0 spiro atoms. The highest BCUT2D eigenvalue weighted by Gasteiger charge is 2.44. The first kappa shape index (κ1) is 49.9. The molecule has 0 aliphatic heterocycles. The molecule has 3 atom stereocenters. The Labute approximate surface area is 397 Å². The van der Waals surface area contributed by atoms with E-state index in [1.54, 1.807) is 24.3 Å². The molecule has 1 fully saturated rings. The van der Waals surface area contributed by atoms with Crippen molar-refractivity contribution >= 4 is 52.2 Å². The number of carbonyl (C=O) groups is 6. The molecule has 15 nitrogen and oxygen atoms in total. The van der Waals surface area contributed by atoms with E-state index >= 15 is 0 Å². The Kier molecular flexibility index (Phi) is 17.8. The van der Waals surface area contributed by atoms with E-state index in [0.29, 0.717) is 49.7 Å². The molecule has 0 heterocycles. The van der Waals surface area contributed by atoms with E-state index in [-0.39, 0.29) is 56.6 Å². The fraction of sp³-hybridized carbons (Fsp3) is 0.340. The van der Waals surface area contributed by atoms with Crippen LogP contribution in [-0.2, 0) is 43.4 Å². The number of guanidine groups is 1. The molecule has 0 saturated heterocycles. The van der Waals surface area contributed by atoms with Gasteiger partial charge in [0.05, 0.1) is 0 Å². The van der Waals surface area contributed by atoms with Gasteiger partial charge in [0.15, 0.2) is 5.96 Å². The lowest BCUT2D eigenvalue weighted by Gasteiger charge is -2.40. The molecule has 0 unspecified atom stereocenters.